The Labute approximate surface area is 121 Å². The molecule has 0 aliphatic carbocycles. The van der Waals surface area contributed by atoms with Crippen molar-refractivity contribution >= 4 is 5.69 Å². The fourth-order valence-electron chi connectivity index (χ4n) is 3.06. The Morgan fingerprint density at radius 1 is 1.43 bits per heavy atom. The number of hydrogen-bond acceptors (Lipinski definition) is 5. The molecule has 0 bridgehead atoms. The highest BCUT2D eigenvalue weighted by atomic mass is 19.1. The van der Waals surface area contributed by atoms with Crippen molar-refractivity contribution in [3.63, 3.8) is 0 Å². The van der Waals surface area contributed by atoms with E-state index in [-0.39, 0.29) is 17.5 Å². The van der Waals surface area contributed by atoms with Gasteiger partial charge in [0.05, 0.1) is 17.1 Å². The van der Waals surface area contributed by atoms with Crippen LogP contribution in [0.5, 0.6) is 5.75 Å². The molecule has 3 rings (SSSR count). The number of ether oxygens (including phenoxy) is 2. The number of piperidine rings is 1. The van der Waals surface area contributed by atoms with Crippen molar-refractivity contribution in [2.45, 2.75) is 31.0 Å². The van der Waals surface area contributed by atoms with E-state index in [9.17, 15) is 14.5 Å². The van der Waals surface area contributed by atoms with Crippen molar-refractivity contribution in [2.75, 3.05) is 19.7 Å². The number of nitrogens with zero attached hydrogens (tertiary/aromatic N) is 1. The van der Waals surface area contributed by atoms with E-state index in [1.54, 1.807) is 0 Å². The zero-order valence-corrected chi connectivity index (χ0v) is 11.5. The number of nitrogens with one attached hydrogen (secondary N) is 1. The molecule has 0 saturated carbocycles. The molecule has 21 heavy (non-hydrogen) atoms. The third-order valence-electron chi connectivity index (χ3n) is 4.12. The molecule has 1 atom stereocenters. The highest BCUT2D eigenvalue weighted by Gasteiger charge is 2.42. The molecule has 2 aliphatic rings. The Morgan fingerprint density at radius 2 is 2.19 bits per heavy atom. The molecule has 0 radical (unpaired) electrons. The average Bonchev–Trinajstić information content (AvgIpc) is 2.82. The Bertz CT molecular complexity index is 546. The topological polar surface area (TPSA) is 73.6 Å². The Morgan fingerprint density at radius 3 is 2.90 bits per heavy atom. The quantitative estimate of drug-likeness (QED) is 0.682. The second kappa shape index (κ2) is 5.57. The van der Waals surface area contributed by atoms with Gasteiger partial charge in [0, 0.05) is 6.42 Å². The maximum Gasteiger partial charge on any atom is 0.346 e. The summed E-state index contributed by atoms with van der Waals surface area (Å²) in [5, 5.41) is 14.2. The third kappa shape index (κ3) is 2.84. The lowest BCUT2D eigenvalue weighted by atomic mass is 9.89. The minimum atomic E-state index is -0.881. The second-order valence-corrected chi connectivity index (χ2v) is 5.53. The summed E-state index contributed by atoms with van der Waals surface area (Å²) in [5.74, 6) is -0.910. The minimum absolute atomic E-state index is 0.0282. The van der Waals surface area contributed by atoms with Crippen molar-refractivity contribution in [1.29, 1.82) is 0 Å². The van der Waals surface area contributed by atoms with E-state index < -0.39 is 16.4 Å². The Kier molecular flexibility index (Phi) is 3.77. The van der Waals surface area contributed by atoms with Gasteiger partial charge in [0.2, 0.25) is 11.6 Å². The highest BCUT2D eigenvalue weighted by Crippen LogP contribution is 2.37. The predicted octanol–water partition coefficient (Wildman–Crippen LogP) is 2.02. The molecular weight excluding hydrogens is 279 g/mol. The summed E-state index contributed by atoms with van der Waals surface area (Å²) in [6, 6.07) is 3.90. The molecule has 6 nitrogen and oxygen atoms in total. The maximum atomic E-state index is 13.6. The minimum Gasteiger partial charge on any atom is -0.481 e. The Hall–Kier alpha value is -1.73. The standard InChI is InChI=1S/C14H17FN2O4/c15-11-2-1-3-12(13(11)17(18)19)21-10-8-14(20-9-10)4-6-16-7-5-14/h1-3,10,16H,4-9H2. The molecule has 1 aromatic carbocycles. The van der Waals surface area contributed by atoms with Gasteiger partial charge in [0.1, 0.15) is 6.10 Å². The fraction of sp³-hybridized carbons (Fsp3) is 0.571. The largest absolute Gasteiger partial charge is 0.481 e. The van der Waals surface area contributed by atoms with Crippen LogP contribution in [-0.2, 0) is 4.74 Å². The summed E-state index contributed by atoms with van der Waals surface area (Å²) in [4.78, 5) is 10.2. The molecule has 1 aromatic rings. The highest BCUT2D eigenvalue weighted by molar-refractivity contribution is 5.47. The average molecular weight is 296 g/mol. The van der Waals surface area contributed by atoms with E-state index in [2.05, 4.69) is 5.32 Å². The molecule has 1 spiro atoms. The van der Waals surface area contributed by atoms with Crippen molar-refractivity contribution in [2.24, 2.45) is 0 Å². The van der Waals surface area contributed by atoms with Crippen LogP contribution < -0.4 is 10.1 Å². The van der Waals surface area contributed by atoms with Gasteiger partial charge in [-0.05, 0) is 38.1 Å². The van der Waals surface area contributed by atoms with Gasteiger partial charge in [-0.2, -0.15) is 4.39 Å². The number of para-hydroxylation sites is 1. The number of nitro groups is 1. The molecular formula is C14H17FN2O4. The first-order chi connectivity index (χ1) is 10.1. The predicted molar refractivity (Wildman–Crippen MR) is 72.9 cm³/mol. The second-order valence-electron chi connectivity index (χ2n) is 5.53. The van der Waals surface area contributed by atoms with Gasteiger partial charge in [-0.1, -0.05) is 6.07 Å². The normalized spacial score (nSPS) is 24.1. The first-order valence-corrected chi connectivity index (χ1v) is 7.04. The maximum absolute atomic E-state index is 13.6. The van der Waals surface area contributed by atoms with Crippen molar-refractivity contribution in [3.8, 4) is 5.75 Å². The number of halogens is 1. The Balaban J connectivity index is 1.73. The van der Waals surface area contributed by atoms with E-state index in [0.29, 0.717) is 13.0 Å². The van der Waals surface area contributed by atoms with E-state index >= 15 is 0 Å². The van der Waals surface area contributed by atoms with Gasteiger partial charge in [-0.15, -0.1) is 0 Å². The molecule has 1 N–H and O–H groups in total. The van der Waals surface area contributed by atoms with Crippen LogP contribution in [0.2, 0.25) is 0 Å². The van der Waals surface area contributed by atoms with Crippen LogP contribution in [0.1, 0.15) is 19.3 Å². The number of nitro benzene ring substituents is 1. The molecule has 2 saturated heterocycles. The van der Waals surface area contributed by atoms with Gasteiger partial charge >= 0.3 is 5.69 Å². The summed E-state index contributed by atoms with van der Waals surface area (Å²) in [6.45, 7) is 2.17. The van der Waals surface area contributed by atoms with Crippen LogP contribution in [0, 0.1) is 15.9 Å². The monoisotopic (exact) mass is 296 g/mol. The lowest BCUT2D eigenvalue weighted by Crippen LogP contribution is -2.41. The van der Waals surface area contributed by atoms with Crippen LogP contribution in [0.15, 0.2) is 18.2 Å². The third-order valence-corrected chi connectivity index (χ3v) is 4.12. The summed E-state index contributed by atoms with van der Waals surface area (Å²) >= 11 is 0. The smallest absolute Gasteiger partial charge is 0.346 e. The van der Waals surface area contributed by atoms with Crippen LogP contribution in [0.25, 0.3) is 0 Å². The van der Waals surface area contributed by atoms with Crippen LogP contribution >= 0.6 is 0 Å². The molecule has 114 valence electrons. The number of benzene rings is 1. The van der Waals surface area contributed by atoms with Crippen LogP contribution in [0.3, 0.4) is 0 Å². The zero-order chi connectivity index (χ0) is 14.9. The van der Waals surface area contributed by atoms with Gasteiger partial charge in [0.25, 0.3) is 0 Å². The first-order valence-electron chi connectivity index (χ1n) is 7.04. The van der Waals surface area contributed by atoms with Gasteiger partial charge in [0.15, 0.2) is 0 Å². The van der Waals surface area contributed by atoms with Crippen molar-refractivity contribution < 1.29 is 18.8 Å². The number of hydrogen-bond donors (Lipinski definition) is 1. The summed E-state index contributed by atoms with van der Waals surface area (Å²) in [5.41, 5.74) is -0.804. The summed E-state index contributed by atoms with van der Waals surface area (Å²) in [6.07, 6.45) is 2.21. The van der Waals surface area contributed by atoms with Gasteiger partial charge in [-0.3, -0.25) is 10.1 Å². The van der Waals surface area contributed by atoms with Crippen molar-refractivity contribution in [3.05, 3.63) is 34.1 Å². The number of rotatable bonds is 3. The molecule has 1 unspecified atom stereocenters. The molecule has 0 aromatic heterocycles. The fourth-order valence-corrected chi connectivity index (χ4v) is 3.06. The molecule has 2 aliphatic heterocycles. The van der Waals surface area contributed by atoms with E-state index in [4.69, 9.17) is 9.47 Å². The van der Waals surface area contributed by atoms with Gasteiger partial charge in [-0.25, -0.2) is 0 Å². The van der Waals surface area contributed by atoms with Crippen molar-refractivity contribution in [1.82, 2.24) is 5.32 Å². The molecule has 2 fully saturated rings. The van der Waals surface area contributed by atoms with E-state index in [1.807, 2.05) is 0 Å². The van der Waals surface area contributed by atoms with Gasteiger partial charge < -0.3 is 14.8 Å². The molecule has 0 amide bonds. The van der Waals surface area contributed by atoms with Crippen LogP contribution in [-0.4, -0.2) is 36.3 Å². The lowest BCUT2D eigenvalue weighted by Gasteiger charge is -2.32. The van der Waals surface area contributed by atoms with E-state index in [0.717, 1.165) is 32.0 Å². The molecule has 7 heteroatoms. The zero-order valence-electron chi connectivity index (χ0n) is 11.5. The summed E-state index contributed by atoms with van der Waals surface area (Å²) in [7, 11) is 0. The SMILES string of the molecule is O=[N+]([O-])c1c(F)cccc1OC1COC2(CCNCC2)C1. The van der Waals surface area contributed by atoms with Crippen LogP contribution in [0.4, 0.5) is 10.1 Å². The lowest BCUT2D eigenvalue weighted by molar-refractivity contribution is -0.388. The molecule has 2 heterocycles. The first kappa shape index (κ1) is 14.2. The summed E-state index contributed by atoms with van der Waals surface area (Å²) < 4.78 is 25.1. The van der Waals surface area contributed by atoms with E-state index in [1.165, 1.54) is 12.1 Å².